The van der Waals surface area contributed by atoms with Crippen molar-refractivity contribution in [2.75, 3.05) is 7.11 Å². The highest BCUT2D eigenvalue weighted by Gasteiger charge is 2.29. The van der Waals surface area contributed by atoms with Gasteiger partial charge in [-0.15, -0.1) is 0 Å². The molecule has 0 amide bonds. The predicted octanol–water partition coefficient (Wildman–Crippen LogP) is 2.35. The van der Waals surface area contributed by atoms with Gasteiger partial charge in [0, 0.05) is 24.0 Å². The Kier molecular flexibility index (Phi) is 4.12. The second kappa shape index (κ2) is 5.81. The topological polar surface area (TPSA) is 78.1 Å². The fourth-order valence-electron chi connectivity index (χ4n) is 1.94. The van der Waals surface area contributed by atoms with E-state index in [0.29, 0.717) is 17.3 Å². The van der Waals surface area contributed by atoms with Crippen LogP contribution in [0.1, 0.15) is 31.4 Å². The Labute approximate surface area is 117 Å². The van der Waals surface area contributed by atoms with E-state index in [2.05, 4.69) is 15.1 Å². The van der Waals surface area contributed by atoms with Crippen LogP contribution in [-0.4, -0.2) is 28.2 Å². The van der Waals surface area contributed by atoms with Crippen LogP contribution in [0.2, 0.25) is 0 Å². The van der Waals surface area contributed by atoms with Crippen molar-refractivity contribution in [2.24, 2.45) is 5.92 Å². The van der Waals surface area contributed by atoms with E-state index < -0.39 is 5.92 Å². The van der Waals surface area contributed by atoms with E-state index in [-0.39, 0.29) is 11.9 Å². The summed E-state index contributed by atoms with van der Waals surface area (Å²) in [4.78, 5) is 20.0. The van der Waals surface area contributed by atoms with E-state index in [4.69, 9.17) is 9.26 Å². The molecule has 0 bridgehead atoms. The first-order valence-electron chi connectivity index (χ1n) is 6.36. The van der Waals surface area contributed by atoms with Gasteiger partial charge in [0.2, 0.25) is 0 Å². The Hall–Kier alpha value is -2.24. The molecule has 0 saturated carbocycles. The number of carbonyl (C=O) groups excluding carboxylic acids is 1. The minimum atomic E-state index is -0.465. The molecule has 0 fully saturated rings. The molecule has 6 nitrogen and oxygen atoms in total. The third-order valence-electron chi connectivity index (χ3n) is 3.03. The Morgan fingerprint density at radius 1 is 1.30 bits per heavy atom. The molecule has 1 atom stereocenters. The van der Waals surface area contributed by atoms with Crippen molar-refractivity contribution in [3.8, 4) is 11.3 Å². The fraction of sp³-hybridized carbons (Fsp3) is 0.429. The van der Waals surface area contributed by atoms with E-state index in [1.807, 2.05) is 20.8 Å². The molecule has 6 heteroatoms. The normalized spacial score (nSPS) is 12.4. The van der Waals surface area contributed by atoms with Gasteiger partial charge in [0.25, 0.3) is 0 Å². The first-order valence-corrected chi connectivity index (χ1v) is 6.36. The summed E-state index contributed by atoms with van der Waals surface area (Å²) in [5.74, 6) is 0.433. The molecule has 0 aliphatic carbocycles. The maximum absolute atomic E-state index is 11.8. The molecule has 0 N–H and O–H groups in total. The summed E-state index contributed by atoms with van der Waals surface area (Å²) in [5.41, 5.74) is 1.35. The van der Waals surface area contributed by atoms with Crippen molar-refractivity contribution < 1.29 is 14.1 Å². The minimum Gasteiger partial charge on any atom is -0.468 e. The molecular weight excluding hydrogens is 258 g/mol. The van der Waals surface area contributed by atoms with E-state index in [0.717, 1.165) is 5.56 Å². The van der Waals surface area contributed by atoms with Crippen molar-refractivity contribution in [2.45, 2.75) is 26.7 Å². The standard InChI is InChI=1S/C14H17N3O3/c1-8(2)13(14(18)19-4)12-5-11(17-20-12)10-6-15-9(3)16-7-10/h5-8,13H,1-4H3. The molecule has 106 valence electrons. The van der Waals surface area contributed by atoms with Crippen LogP contribution in [0.4, 0.5) is 0 Å². The summed E-state index contributed by atoms with van der Waals surface area (Å²) in [6.07, 6.45) is 3.35. The Morgan fingerprint density at radius 3 is 2.50 bits per heavy atom. The predicted molar refractivity (Wildman–Crippen MR) is 71.9 cm³/mol. The lowest BCUT2D eigenvalue weighted by atomic mass is 9.93. The highest BCUT2D eigenvalue weighted by atomic mass is 16.5. The first kappa shape index (κ1) is 14.2. The monoisotopic (exact) mass is 275 g/mol. The molecule has 0 aromatic carbocycles. The van der Waals surface area contributed by atoms with Crippen LogP contribution in [0.25, 0.3) is 11.3 Å². The van der Waals surface area contributed by atoms with Crippen LogP contribution >= 0.6 is 0 Å². The average molecular weight is 275 g/mol. The lowest BCUT2D eigenvalue weighted by Gasteiger charge is -2.14. The SMILES string of the molecule is COC(=O)C(c1cc(-c2cnc(C)nc2)no1)C(C)C. The molecule has 2 aromatic heterocycles. The molecule has 2 aromatic rings. The van der Waals surface area contributed by atoms with Gasteiger partial charge in [-0.05, 0) is 12.8 Å². The van der Waals surface area contributed by atoms with Crippen molar-refractivity contribution >= 4 is 5.97 Å². The van der Waals surface area contributed by atoms with Gasteiger partial charge in [0.05, 0.1) is 7.11 Å². The average Bonchev–Trinajstić information content (AvgIpc) is 2.88. The van der Waals surface area contributed by atoms with Crippen molar-refractivity contribution in [3.05, 3.63) is 30.0 Å². The number of ether oxygens (including phenoxy) is 1. The number of hydrogen-bond acceptors (Lipinski definition) is 6. The molecule has 20 heavy (non-hydrogen) atoms. The van der Waals surface area contributed by atoms with E-state index in [9.17, 15) is 4.79 Å². The van der Waals surface area contributed by atoms with Crippen LogP contribution in [-0.2, 0) is 9.53 Å². The van der Waals surface area contributed by atoms with E-state index in [1.54, 1.807) is 18.5 Å². The zero-order chi connectivity index (χ0) is 14.7. The molecule has 0 radical (unpaired) electrons. The third kappa shape index (κ3) is 2.84. The van der Waals surface area contributed by atoms with Crippen molar-refractivity contribution in [3.63, 3.8) is 0 Å². The lowest BCUT2D eigenvalue weighted by Crippen LogP contribution is -2.19. The summed E-state index contributed by atoms with van der Waals surface area (Å²) in [6.45, 7) is 5.67. The van der Waals surface area contributed by atoms with Gasteiger partial charge in [0.15, 0.2) is 5.76 Å². The van der Waals surface area contributed by atoms with Crippen LogP contribution in [0.15, 0.2) is 23.0 Å². The summed E-state index contributed by atoms with van der Waals surface area (Å²) in [5, 5.41) is 3.97. The largest absolute Gasteiger partial charge is 0.468 e. The van der Waals surface area contributed by atoms with Crippen LogP contribution in [0.3, 0.4) is 0 Å². The molecular formula is C14H17N3O3. The summed E-state index contributed by atoms with van der Waals surface area (Å²) in [6, 6.07) is 1.73. The number of hydrogen-bond donors (Lipinski definition) is 0. The summed E-state index contributed by atoms with van der Waals surface area (Å²) < 4.78 is 10.1. The number of nitrogens with zero attached hydrogens (tertiary/aromatic N) is 3. The second-order valence-electron chi connectivity index (χ2n) is 4.88. The number of aryl methyl sites for hydroxylation is 1. The summed E-state index contributed by atoms with van der Waals surface area (Å²) in [7, 11) is 1.36. The van der Waals surface area contributed by atoms with Crippen LogP contribution < -0.4 is 0 Å². The molecule has 2 rings (SSSR count). The van der Waals surface area contributed by atoms with Gasteiger partial charge in [-0.2, -0.15) is 0 Å². The number of methoxy groups -OCH3 is 1. The highest BCUT2D eigenvalue weighted by molar-refractivity contribution is 5.78. The van der Waals surface area contributed by atoms with E-state index in [1.165, 1.54) is 7.11 Å². The molecule has 1 unspecified atom stereocenters. The number of aromatic nitrogens is 3. The van der Waals surface area contributed by atoms with Gasteiger partial charge in [-0.1, -0.05) is 19.0 Å². The zero-order valence-corrected chi connectivity index (χ0v) is 12.0. The van der Waals surface area contributed by atoms with Gasteiger partial charge >= 0.3 is 5.97 Å². The molecule has 0 spiro atoms. The smallest absolute Gasteiger partial charge is 0.316 e. The van der Waals surface area contributed by atoms with Gasteiger partial charge < -0.3 is 9.26 Å². The highest BCUT2D eigenvalue weighted by Crippen LogP contribution is 2.29. The number of esters is 1. The minimum absolute atomic E-state index is 0.0533. The quantitative estimate of drug-likeness (QED) is 0.797. The second-order valence-corrected chi connectivity index (χ2v) is 4.88. The molecule has 0 aliphatic heterocycles. The molecule has 0 saturated heterocycles. The lowest BCUT2D eigenvalue weighted by molar-refractivity contribution is -0.144. The van der Waals surface area contributed by atoms with Gasteiger partial charge in [-0.3, -0.25) is 4.79 Å². The number of carbonyl (C=O) groups is 1. The van der Waals surface area contributed by atoms with Crippen molar-refractivity contribution in [1.29, 1.82) is 0 Å². The van der Waals surface area contributed by atoms with Crippen LogP contribution in [0, 0.1) is 12.8 Å². The fourth-order valence-corrected chi connectivity index (χ4v) is 1.94. The Balaban J connectivity index is 2.31. The van der Waals surface area contributed by atoms with Gasteiger partial charge in [-0.25, -0.2) is 9.97 Å². The van der Waals surface area contributed by atoms with Crippen molar-refractivity contribution in [1.82, 2.24) is 15.1 Å². The molecule has 2 heterocycles. The zero-order valence-electron chi connectivity index (χ0n) is 12.0. The third-order valence-corrected chi connectivity index (χ3v) is 3.03. The number of rotatable bonds is 4. The maximum atomic E-state index is 11.8. The summed E-state index contributed by atoms with van der Waals surface area (Å²) >= 11 is 0. The Morgan fingerprint density at radius 2 is 1.95 bits per heavy atom. The van der Waals surface area contributed by atoms with Crippen LogP contribution in [0.5, 0.6) is 0 Å². The van der Waals surface area contributed by atoms with E-state index >= 15 is 0 Å². The maximum Gasteiger partial charge on any atom is 0.316 e. The first-order chi connectivity index (χ1) is 9.52. The van der Waals surface area contributed by atoms with Gasteiger partial charge in [0.1, 0.15) is 17.4 Å². The molecule has 0 aliphatic rings. The Bertz CT molecular complexity index is 590.